The monoisotopic (exact) mass is 408 g/mol. The highest BCUT2D eigenvalue weighted by atomic mass is 16.2. The number of carbonyl (C=O) groups excluding carboxylic acids is 1. The van der Waals surface area contributed by atoms with Crippen LogP contribution in [-0.2, 0) is 24.9 Å². The van der Waals surface area contributed by atoms with Gasteiger partial charge in [0, 0.05) is 58.3 Å². The maximum Gasteiger partial charge on any atom is 0.222 e. The van der Waals surface area contributed by atoms with Gasteiger partial charge in [-0.1, -0.05) is 24.3 Å². The fraction of sp³-hybridized carbons (Fsp3) is 0.522. The number of likely N-dealkylation sites (tertiary alicyclic amines) is 2. The van der Waals surface area contributed by atoms with Gasteiger partial charge in [-0.3, -0.25) is 9.48 Å². The number of carbonyl (C=O) groups is 1. The number of hydrogen-bond donors (Lipinski definition) is 1. The van der Waals surface area contributed by atoms with Gasteiger partial charge in [0.1, 0.15) is 0 Å². The minimum Gasteiger partial charge on any atom is -0.357 e. The van der Waals surface area contributed by atoms with Crippen LogP contribution in [0.1, 0.15) is 48.8 Å². The summed E-state index contributed by atoms with van der Waals surface area (Å²) in [6.45, 7) is 7.20. The standard InChI is InChI=1S/C23H32N6O/c1-3-24-23(29-12-10-20(17-29)21-14-26-27(2)16-21)25-13-18-6-8-19(9-7-18)15-28-11-4-5-22(28)30/h6-9,14,16,20H,3-5,10-13,15,17H2,1-2H3,(H,24,25). The predicted molar refractivity (Wildman–Crippen MR) is 118 cm³/mol. The number of nitrogens with one attached hydrogen (secondary N) is 1. The molecule has 7 nitrogen and oxygen atoms in total. The lowest BCUT2D eigenvalue weighted by Crippen LogP contribution is -2.40. The molecule has 0 saturated carbocycles. The van der Waals surface area contributed by atoms with Crippen molar-refractivity contribution >= 4 is 11.9 Å². The van der Waals surface area contributed by atoms with Crippen LogP contribution in [0.3, 0.4) is 0 Å². The molecule has 7 heteroatoms. The van der Waals surface area contributed by atoms with E-state index in [9.17, 15) is 4.79 Å². The van der Waals surface area contributed by atoms with Gasteiger partial charge >= 0.3 is 0 Å². The molecular weight excluding hydrogens is 376 g/mol. The van der Waals surface area contributed by atoms with Crippen LogP contribution >= 0.6 is 0 Å². The lowest BCUT2D eigenvalue weighted by molar-refractivity contribution is -0.128. The quantitative estimate of drug-likeness (QED) is 0.589. The lowest BCUT2D eigenvalue weighted by Gasteiger charge is -2.21. The number of guanidine groups is 1. The molecule has 2 aromatic rings. The Hall–Kier alpha value is -2.83. The van der Waals surface area contributed by atoms with Gasteiger partial charge in [-0.25, -0.2) is 4.99 Å². The van der Waals surface area contributed by atoms with Crippen molar-refractivity contribution in [1.82, 2.24) is 24.9 Å². The van der Waals surface area contributed by atoms with Crippen LogP contribution in [0.5, 0.6) is 0 Å². The number of nitrogens with zero attached hydrogens (tertiary/aromatic N) is 5. The van der Waals surface area contributed by atoms with E-state index in [1.54, 1.807) is 0 Å². The van der Waals surface area contributed by atoms with E-state index in [0.29, 0.717) is 25.4 Å². The van der Waals surface area contributed by atoms with Crippen LogP contribution in [0.2, 0.25) is 0 Å². The van der Waals surface area contributed by atoms with E-state index >= 15 is 0 Å². The molecule has 1 aromatic carbocycles. The molecule has 30 heavy (non-hydrogen) atoms. The van der Waals surface area contributed by atoms with Gasteiger partial charge in [0.2, 0.25) is 5.91 Å². The molecule has 0 radical (unpaired) electrons. The Kier molecular flexibility index (Phi) is 6.35. The van der Waals surface area contributed by atoms with Gasteiger partial charge in [0.05, 0.1) is 12.7 Å². The van der Waals surface area contributed by atoms with Crippen molar-refractivity contribution in [1.29, 1.82) is 0 Å². The molecule has 3 heterocycles. The first kappa shape index (κ1) is 20.4. The highest BCUT2D eigenvalue weighted by molar-refractivity contribution is 5.80. The minimum atomic E-state index is 0.272. The first-order chi connectivity index (χ1) is 14.6. The molecule has 2 aliphatic rings. The Labute approximate surface area is 178 Å². The van der Waals surface area contributed by atoms with Gasteiger partial charge in [0.25, 0.3) is 0 Å². The second-order valence-electron chi connectivity index (χ2n) is 8.28. The number of amides is 1. The average Bonchev–Trinajstić information content (AvgIpc) is 3.48. The van der Waals surface area contributed by atoms with E-state index in [-0.39, 0.29) is 5.91 Å². The topological polar surface area (TPSA) is 65.8 Å². The van der Waals surface area contributed by atoms with Gasteiger partial charge < -0.3 is 15.1 Å². The molecule has 1 unspecified atom stereocenters. The Bertz CT molecular complexity index is 887. The summed E-state index contributed by atoms with van der Waals surface area (Å²) in [7, 11) is 1.97. The third-order valence-electron chi connectivity index (χ3n) is 6.00. The number of hydrogen-bond acceptors (Lipinski definition) is 3. The van der Waals surface area contributed by atoms with Crippen molar-refractivity contribution in [2.45, 2.75) is 45.2 Å². The molecular formula is C23H32N6O. The smallest absolute Gasteiger partial charge is 0.222 e. The van der Waals surface area contributed by atoms with Crippen LogP contribution < -0.4 is 5.32 Å². The van der Waals surface area contributed by atoms with E-state index in [1.165, 1.54) is 16.7 Å². The summed E-state index contributed by atoms with van der Waals surface area (Å²) < 4.78 is 1.88. The molecule has 4 rings (SSSR count). The second-order valence-corrected chi connectivity index (χ2v) is 8.28. The third kappa shape index (κ3) is 4.83. The fourth-order valence-electron chi connectivity index (χ4n) is 4.31. The molecule has 2 saturated heterocycles. The second kappa shape index (κ2) is 9.32. The van der Waals surface area contributed by atoms with Crippen LogP contribution in [-0.4, -0.2) is 57.6 Å². The molecule has 0 aliphatic carbocycles. The molecule has 0 bridgehead atoms. The number of aryl methyl sites for hydroxylation is 1. The van der Waals surface area contributed by atoms with E-state index in [0.717, 1.165) is 45.0 Å². The van der Waals surface area contributed by atoms with Crippen molar-refractivity contribution in [2.24, 2.45) is 12.0 Å². The normalized spacial score (nSPS) is 19.7. The maximum atomic E-state index is 11.8. The summed E-state index contributed by atoms with van der Waals surface area (Å²) in [6, 6.07) is 8.51. The maximum absolute atomic E-state index is 11.8. The molecule has 0 spiro atoms. The molecule has 2 aliphatic heterocycles. The first-order valence-electron chi connectivity index (χ1n) is 11.0. The average molecular weight is 409 g/mol. The van der Waals surface area contributed by atoms with Crippen molar-refractivity contribution in [3.63, 3.8) is 0 Å². The molecule has 160 valence electrons. The van der Waals surface area contributed by atoms with E-state index in [4.69, 9.17) is 4.99 Å². The molecule has 2 fully saturated rings. The van der Waals surface area contributed by atoms with Gasteiger partial charge in [-0.15, -0.1) is 0 Å². The van der Waals surface area contributed by atoms with Crippen molar-refractivity contribution in [2.75, 3.05) is 26.2 Å². The summed E-state index contributed by atoms with van der Waals surface area (Å²) in [5, 5.41) is 7.76. The SMILES string of the molecule is CCNC(=NCc1ccc(CN2CCCC2=O)cc1)N1CCC(c2cnn(C)c2)C1. The summed E-state index contributed by atoms with van der Waals surface area (Å²) in [4.78, 5) is 21.0. The largest absolute Gasteiger partial charge is 0.357 e. The zero-order chi connectivity index (χ0) is 20.9. The number of aromatic nitrogens is 2. The minimum absolute atomic E-state index is 0.272. The Morgan fingerprint density at radius 2 is 2.03 bits per heavy atom. The summed E-state index contributed by atoms with van der Waals surface area (Å²) in [5.74, 6) is 1.76. The lowest BCUT2D eigenvalue weighted by atomic mass is 10.0. The van der Waals surface area contributed by atoms with Crippen molar-refractivity contribution < 1.29 is 4.79 Å². The van der Waals surface area contributed by atoms with Gasteiger partial charge in [-0.05, 0) is 36.5 Å². The van der Waals surface area contributed by atoms with Gasteiger partial charge in [0.15, 0.2) is 5.96 Å². The van der Waals surface area contributed by atoms with Crippen molar-refractivity contribution in [3.8, 4) is 0 Å². The summed E-state index contributed by atoms with van der Waals surface area (Å²) >= 11 is 0. The molecule has 1 atom stereocenters. The third-order valence-corrected chi connectivity index (χ3v) is 6.00. The highest BCUT2D eigenvalue weighted by Crippen LogP contribution is 2.26. The fourth-order valence-corrected chi connectivity index (χ4v) is 4.31. The Morgan fingerprint density at radius 3 is 2.70 bits per heavy atom. The highest BCUT2D eigenvalue weighted by Gasteiger charge is 2.27. The zero-order valence-corrected chi connectivity index (χ0v) is 18.0. The number of aliphatic imine (C=N–C) groups is 1. The Morgan fingerprint density at radius 1 is 1.23 bits per heavy atom. The van der Waals surface area contributed by atoms with E-state index in [2.05, 4.69) is 52.7 Å². The molecule has 1 N–H and O–H groups in total. The number of benzene rings is 1. The molecule has 1 aromatic heterocycles. The Balaban J connectivity index is 1.36. The van der Waals surface area contributed by atoms with Crippen LogP contribution in [0.15, 0.2) is 41.7 Å². The van der Waals surface area contributed by atoms with Crippen LogP contribution in [0.4, 0.5) is 0 Å². The zero-order valence-electron chi connectivity index (χ0n) is 18.0. The van der Waals surface area contributed by atoms with E-state index < -0.39 is 0 Å². The predicted octanol–water partition coefficient (Wildman–Crippen LogP) is 2.50. The van der Waals surface area contributed by atoms with Crippen molar-refractivity contribution in [3.05, 3.63) is 53.3 Å². The first-order valence-corrected chi connectivity index (χ1v) is 11.0. The summed E-state index contributed by atoms with van der Waals surface area (Å²) in [5.41, 5.74) is 3.68. The van der Waals surface area contributed by atoms with Gasteiger partial charge in [-0.2, -0.15) is 5.10 Å². The van der Waals surface area contributed by atoms with Crippen LogP contribution in [0, 0.1) is 0 Å². The molecule has 1 amide bonds. The summed E-state index contributed by atoms with van der Waals surface area (Å²) in [6.07, 6.45) is 6.90. The van der Waals surface area contributed by atoms with Crippen LogP contribution in [0.25, 0.3) is 0 Å². The number of rotatable bonds is 6. The van der Waals surface area contributed by atoms with E-state index in [1.807, 2.05) is 22.8 Å².